The number of carbonyl (C=O) groups is 1. The Hall–Kier alpha value is -2.53. The fourth-order valence-corrected chi connectivity index (χ4v) is 2.72. The van der Waals surface area contributed by atoms with E-state index >= 15 is 0 Å². The Labute approximate surface area is 164 Å². The highest BCUT2D eigenvalue weighted by Gasteiger charge is 2.14. The van der Waals surface area contributed by atoms with Gasteiger partial charge in [0.1, 0.15) is 0 Å². The van der Waals surface area contributed by atoms with Crippen molar-refractivity contribution in [1.29, 1.82) is 0 Å². The van der Waals surface area contributed by atoms with Crippen LogP contribution in [0.3, 0.4) is 0 Å². The van der Waals surface area contributed by atoms with Crippen molar-refractivity contribution in [1.82, 2.24) is 0 Å². The van der Waals surface area contributed by atoms with E-state index in [4.69, 9.17) is 25.8 Å². The lowest BCUT2D eigenvalue weighted by Gasteiger charge is -2.17. The van der Waals surface area contributed by atoms with Crippen molar-refractivity contribution in [2.45, 2.75) is 33.3 Å². The molecule has 0 amide bonds. The molecule has 0 fully saturated rings. The van der Waals surface area contributed by atoms with E-state index in [9.17, 15) is 4.79 Å². The number of hydrogen-bond donors (Lipinski definition) is 0. The molecule has 0 saturated heterocycles. The predicted molar refractivity (Wildman–Crippen MR) is 108 cm³/mol. The molecule has 6 heteroatoms. The third-order valence-electron chi connectivity index (χ3n) is 4.21. The molecule has 0 radical (unpaired) electrons. The van der Waals surface area contributed by atoms with Gasteiger partial charge < -0.3 is 14.2 Å². The molecule has 0 aliphatic heterocycles. The maximum absolute atomic E-state index is 11.8. The molecule has 0 aromatic heterocycles. The van der Waals surface area contributed by atoms with Crippen molar-refractivity contribution < 1.29 is 19.0 Å². The SMILES string of the molecule is CC[C@H](C)Oc1c(Cl)cc(C=Nc2cccc(C(=O)OC)c2C)cc1OC. The number of carbonyl (C=O) groups excluding carboxylic acids is 1. The van der Waals surface area contributed by atoms with Crippen molar-refractivity contribution in [2.75, 3.05) is 14.2 Å². The molecule has 0 heterocycles. The average Bonchev–Trinajstić information content (AvgIpc) is 2.67. The minimum absolute atomic E-state index is 0.0274. The summed E-state index contributed by atoms with van der Waals surface area (Å²) in [5.41, 5.74) is 2.67. The number of rotatable bonds is 7. The van der Waals surface area contributed by atoms with Crippen LogP contribution in [0, 0.1) is 6.92 Å². The first kappa shape index (κ1) is 20.8. The Morgan fingerprint density at radius 3 is 2.67 bits per heavy atom. The zero-order valence-corrected chi connectivity index (χ0v) is 17.0. The summed E-state index contributed by atoms with van der Waals surface area (Å²) in [6.45, 7) is 5.84. The highest BCUT2D eigenvalue weighted by atomic mass is 35.5. The topological polar surface area (TPSA) is 57.1 Å². The molecule has 0 aliphatic rings. The molecule has 2 rings (SSSR count). The molecule has 2 aromatic carbocycles. The Kier molecular flexibility index (Phi) is 7.25. The van der Waals surface area contributed by atoms with Crippen LogP contribution in [0.4, 0.5) is 5.69 Å². The number of ether oxygens (including phenoxy) is 3. The molecular formula is C21H24ClNO4. The molecule has 0 bridgehead atoms. The maximum atomic E-state index is 11.8. The molecule has 0 unspecified atom stereocenters. The van der Waals surface area contributed by atoms with Crippen LogP contribution < -0.4 is 9.47 Å². The van der Waals surface area contributed by atoms with Crippen molar-refractivity contribution in [3.63, 3.8) is 0 Å². The van der Waals surface area contributed by atoms with Gasteiger partial charge in [-0.25, -0.2) is 4.79 Å². The van der Waals surface area contributed by atoms with Crippen molar-refractivity contribution in [3.8, 4) is 11.5 Å². The normalized spacial score (nSPS) is 12.1. The number of nitrogens with zero attached hydrogens (tertiary/aromatic N) is 1. The summed E-state index contributed by atoms with van der Waals surface area (Å²) in [5.74, 6) is 0.680. The standard InChI is InChI=1S/C21H24ClNO4/c1-6-13(2)27-20-17(22)10-15(11-19(20)25-4)12-23-18-9-7-8-16(14(18)3)21(24)26-5/h7-13H,6H2,1-5H3/t13-/m0/s1. The van der Waals surface area contributed by atoms with Crippen molar-refractivity contribution in [3.05, 3.63) is 52.0 Å². The lowest BCUT2D eigenvalue weighted by Crippen LogP contribution is -2.11. The smallest absolute Gasteiger partial charge is 0.338 e. The van der Waals surface area contributed by atoms with Gasteiger partial charge >= 0.3 is 5.97 Å². The van der Waals surface area contributed by atoms with E-state index in [0.29, 0.717) is 27.8 Å². The van der Waals surface area contributed by atoms with Crippen molar-refractivity contribution in [2.24, 2.45) is 4.99 Å². The van der Waals surface area contributed by atoms with Gasteiger partial charge in [0.15, 0.2) is 11.5 Å². The fourth-order valence-electron chi connectivity index (χ4n) is 2.45. The molecule has 5 nitrogen and oxygen atoms in total. The maximum Gasteiger partial charge on any atom is 0.338 e. The molecular weight excluding hydrogens is 366 g/mol. The van der Waals surface area contributed by atoms with Crippen LogP contribution in [0.5, 0.6) is 11.5 Å². The number of hydrogen-bond acceptors (Lipinski definition) is 5. The largest absolute Gasteiger partial charge is 0.493 e. The Bertz CT molecular complexity index is 848. The van der Waals surface area contributed by atoms with E-state index in [0.717, 1.165) is 17.5 Å². The monoisotopic (exact) mass is 389 g/mol. The average molecular weight is 390 g/mol. The van der Waals surface area contributed by atoms with Crippen LogP contribution in [0.1, 0.15) is 41.8 Å². The molecule has 2 aromatic rings. The highest BCUT2D eigenvalue weighted by Crippen LogP contribution is 2.37. The number of halogens is 1. The van der Waals surface area contributed by atoms with E-state index in [1.165, 1.54) is 7.11 Å². The van der Waals surface area contributed by atoms with E-state index in [-0.39, 0.29) is 12.1 Å². The number of methoxy groups -OCH3 is 2. The van der Waals surface area contributed by atoms with E-state index in [2.05, 4.69) is 4.99 Å². The summed E-state index contributed by atoms with van der Waals surface area (Å²) >= 11 is 6.39. The van der Waals surface area contributed by atoms with E-state index in [1.807, 2.05) is 32.9 Å². The fraction of sp³-hybridized carbons (Fsp3) is 0.333. The Morgan fingerprint density at radius 1 is 1.30 bits per heavy atom. The first-order valence-electron chi connectivity index (χ1n) is 8.67. The van der Waals surface area contributed by atoms with E-state index < -0.39 is 0 Å². The lowest BCUT2D eigenvalue weighted by atomic mass is 10.1. The van der Waals surface area contributed by atoms with Gasteiger partial charge in [0.2, 0.25) is 0 Å². The van der Waals surface area contributed by atoms with E-state index in [1.54, 1.807) is 31.5 Å². The second-order valence-corrected chi connectivity index (χ2v) is 6.48. The van der Waals surface area contributed by atoms with Crippen LogP contribution in [-0.2, 0) is 4.74 Å². The van der Waals surface area contributed by atoms with Crippen LogP contribution in [0.15, 0.2) is 35.3 Å². The third kappa shape index (κ3) is 5.01. The minimum atomic E-state index is -0.388. The molecule has 1 atom stereocenters. The van der Waals surface area contributed by atoms with Gasteiger partial charge in [-0.15, -0.1) is 0 Å². The number of aliphatic imine (C=N–C) groups is 1. The summed E-state index contributed by atoms with van der Waals surface area (Å²) in [7, 11) is 2.93. The molecule has 27 heavy (non-hydrogen) atoms. The minimum Gasteiger partial charge on any atom is -0.493 e. The van der Waals surface area contributed by atoms with Gasteiger partial charge in [-0.3, -0.25) is 4.99 Å². The zero-order chi connectivity index (χ0) is 20.0. The Balaban J connectivity index is 2.35. The van der Waals surface area contributed by atoms with Gasteiger partial charge in [0.25, 0.3) is 0 Å². The zero-order valence-electron chi connectivity index (χ0n) is 16.2. The second kappa shape index (κ2) is 9.42. The molecule has 144 valence electrons. The molecule has 0 spiro atoms. The molecule has 0 saturated carbocycles. The molecule has 0 N–H and O–H groups in total. The summed E-state index contributed by atoms with van der Waals surface area (Å²) in [6.07, 6.45) is 2.56. The van der Waals surface area contributed by atoms with Crippen LogP contribution in [-0.4, -0.2) is 32.5 Å². The Morgan fingerprint density at radius 2 is 2.04 bits per heavy atom. The van der Waals surface area contributed by atoms with Crippen molar-refractivity contribution >= 4 is 29.5 Å². The summed E-state index contributed by atoms with van der Waals surface area (Å²) in [4.78, 5) is 16.3. The predicted octanol–water partition coefficient (Wildman–Crippen LogP) is 5.37. The summed E-state index contributed by atoms with van der Waals surface area (Å²) in [5, 5.41) is 0.455. The van der Waals surface area contributed by atoms with Gasteiger partial charge in [-0.05, 0) is 55.7 Å². The van der Waals surface area contributed by atoms with Crippen LogP contribution in [0.25, 0.3) is 0 Å². The molecule has 0 aliphatic carbocycles. The second-order valence-electron chi connectivity index (χ2n) is 6.07. The summed E-state index contributed by atoms with van der Waals surface area (Å²) in [6, 6.07) is 8.89. The quantitative estimate of drug-likeness (QED) is 0.471. The number of esters is 1. The third-order valence-corrected chi connectivity index (χ3v) is 4.49. The van der Waals surface area contributed by atoms with Gasteiger partial charge in [0.05, 0.1) is 36.6 Å². The number of benzene rings is 2. The summed E-state index contributed by atoms with van der Waals surface area (Å²) < 4.78 is 16.1. The first-order valence-corrected chi connectivity index (χ1v) is 9.05. The van der Waals surface area contributed by atoms with Gasteiger partial charge in [-0.2, -0.15) is 0 Å². The first-order chi connectivity index (χ1) is 12.9. The van der Waals surface area contributed by atoms with Gasteiger partial charge in [0, 0.05) is 6.21 Å². The van der Waals surface area contributed by atoms with Crippen LogP contribution in [0.2, 0.25) is 5.02 Å². The highest BCUT2D eigenvalue weighted by molar-refractivity contribution is 6.32. The van der Waals surface area contributed by atoms with Gasteiger partial charge in [-0.1, -0.05) is 24.6 Å². The lowest BCUT2D eigenvalue weighted by molar-refractivity contribution is 0.0600. The van der Waals surface area contributed by atoms with Crippen LogP contribution >= 0.6 is 11.6 Å².